The molecule has 0 bridgehead atoms. The smallest absolute Gasteiger partial charge is 0.330 e. The number of ether oxygens (including phenoxy) is 1. The van der Waals surface area contributed by atoms with Crippen molar-refractivity contribution in [2.75, 3.05) is 13.2 Å². The number of aliphatic hydroxyl groups is 2. The van der Waals surface area contributed by atoms with Crippen LogP contribution < -0.4 is 0 Å². The van der Waals surface area contributed by atoms with Crippen LogP contribution in [0.5, 0.6) is 0 Å². The first-order chi connectivity index (χ1) is 5.64. The summed E-state index contributed by atoms with van der Waals surface area (Å²) < 4.78 is 4.78. The van der Waals surface area contributed by atoms with E-state index in [0.29, 0.717) is 6.42 Å². The van der Waals surface area contributed by atoms with Crippen molar-refractivity contribution in [2.24, 2.45) is 0 Å². The Morgan fingerprint density at radius 3 is 2.33 bits per heavy atom. The van der Waals surface area contributed by atoms with Crippen molar-refractivity contribution in [3.8, 4) is 0 Å². The summed E-state index contributed by atoms with van der Waals surface area (Å²) in [7, 11) is 0. The summed E-state index contributed by atoms with van der Waals surface area (Å²) in [6.45, 7) is 4.14. The second kappa shape index (κ2) is 4.90. The van der Waals surface area contributed by atoms with Gasteiger partial charge >= 0.3 is 5.97 Å². The molecule has 0 aliphatic heterocycles. The van der Waals surface area contributed by atoms with Crippen LogP contribution in [0, 0.1) is 0 Å². The van der Waals surface area contributed by atoms with Crippen molar-refractivity contribution in [3.63, 3.8) is 0 Å². The third-order valence-corrected chi connectivity index (χ3v) is 1.70. The monoisotopic (exact) mass is 174 g/mol. The molecular formula is C8H14O4. The van der Waals surface area contributed by atoms with Crippen LogP contribution in [-0.2, 0) is 9.53 Å². The molecule has 0 spiro atoms. The van der Waals surface area contributed by atoms with Gasteiger partial charge in [-0.05, 0) is 6.42 Å². The van der Waals surface area contributed by atoms with E-state index in [2.05, 4.69) is 6.58 Å². The van der Waals surface area contributed by atoms with Crippen LogP contribution in [-0.4, -0.2) is 35.0 Å². The van der Waals surface area contributed by atoms with E-state index >= 15 is 0 Å². The molecule has 0 unspecified atom stereocenters. The quantitative estimate of drug-likeness (QED) is 0.449. The minimum absolute atomic E-state index is 0.361. The van der Waals surface area contributed by atoms with Gasteiger partial charge in [0.1, 0.15) is 0 Å². The first-order valence-corrected chi connectivity index (χ1v) is 3.71. The molecule has 0 saturated heterocycles. The zero-order valence-electron chi connectivity index (χ0n) is 7.12. The topological polar surface area (TPSA) is 66.8 Å². The van der Waals surface area contributed by atoms with Gasteiger partial charge < -0.3 is 14.9 Å². The lowest BCUT2D eigenvalue weighted by Gasteiger charge is -2.27. The molecule has 12 heavy (non-hydrogen) atoms. The van der Waals surface area contributed by atoms with E-state index in [0.717, 1.165) is 6.08 Å². The fraction of sp³-hybridized carbons (Fsp3) is 0.625. The van der Waals surface area contributed by atoms with Crippen LogP contribution >= 0.6 is 0 Å². The van der Waals surface area contributed by atoms with Gasteiger partial charge in [0.05, 0.1) is 13.2 Å². The molecule has 0 aromatic rings. The number of rotatable bonds is 5. The summed E-state index contributed by atoms with van der Waals surface area (Å²) in [4.78, 5) is 10.7. The summed E-state index contributed by atoms with van der Waals surface area (Å²) in [5.41, 5.74) is -1.16. The van der Waals surface area contributed by atoms with Gasteiger partial charge in [-0.2, -0.15) is 0 Å². The summed E-state index contributed by atoms with van der Waals surface area (Å²) >= 11 is 0. The third kappa shape index (κ3) is 2.64. The van der Waals surface area contributed by atoms with Gasteiger partial charge in [0.25, 0.3) is 0 Å². The molecule has 0 radical (unpaired) electrons. The first-order valence-electron chi connectivity index (χ1n) is 3.71. The van der Waals surface area contributed by atoms with E-state index in [9.17, 15) is 4.79 Å². The van der Waals surface area contributed by atoms with E-state index in [4.69, 9.17) is 14.9 Å². The van der Waals surface area contributed by atoms with E-state index in [1.807, 2.05) is 0 Å². The van der Waals surface area contributed by atoms with Gasteiger partial charge in [0, 0.05) is 6.08 Å². The Labute approximate surface area is 71.5 Å². The molecule has 0 aliphatic rings. The van der Waals surface area contributed by atoms with Crippen molar-refractivity contribution in [1.29, 1.82) is 0 Å². The lowest BCUT2D eigenvalue weighted by molar-refractivity contribution is -0.164. The van der Waals surface area contributed by atoms with Crippen LogP contribution in [0.25, 0.3) is 0 Å². The minimum Gasteiger partial charge on any atom is -0.451 e. The molecule has 4 nitrogen and oxygen atoms in total. The van der Waals surface area contributed by atoms with Gasteiger partial charge in [-0.15, -0.1) is 0 Å². The standard InChI is InChI=1S/C8H14O4/c1-3-7(11)12-8(4-2,5-9)6-10/h3,9-10H,1,4-6H2,2H3. The molecule has 0 aromatic carbocycles. The van der Waals surface area contributed by atoms with E-state index < -0.39 is 11.6 Å². The largest absolute Gasteiger partial charge is 0.451 e. The number of hydrogen-bond acceptors (Lipinski definition) is 4. The molecule has 4 heteroatoms. The molecule has 0 aromatic heterocycles. The highest BCUT2D eigenvalue weighted by Gasteiger charge is 2.30. The fourth-order valence-electron chi connectivity index (χ4n) is 0.665. The van der Waals surface area contributed by atoms with Crippen molar-refractivity contribution < 1.29 is 19.7 Å². The maximum Gasteiger partial charge on any atom is 0.330 e. The molecular weight excluding hydrogens is 160 g/mol. The average Bonchev–Trinajstić information content (AvgIpc) is 2.14. The minimum atomic E-state index is -1.16. The van der Waals surface area contributed by atoms with Crippen LogP contribution in [0.2, 0.25) is 0 Å². The lowest BCUT2D eigenvalue weighted by Crippen LogP contribution is -2.41. The van der Waals surface area contributed by atoms with Gasteiger partial charge in [-0.1, -0.05) is 13.5 Å². The SMILES string of the molecule is C=CC(=O)OC(CC)(CO)CO. The predicted molar refractivity (Wildman–Crippen MR) is 43.5 cm³/mol. The highest BCUT2D eigenvalue weighted by Crippen LogP contribution is 2.14. The lowest BCUT2D eigenvalue weighted by atomic mass is 10.0. The van der Waals surface area contributed by atoms with Gasteiger partial charge in [-0.3, -0.25) is 0 Å². The van der Waals surface area contributed by atoms with Crippen molar-refractivity contribution in [2.45, 2.75) is 18.9 Å². The number of carbonyl (C=O) groups excluding carboxylic acids is 1. The van der Waals surface area contributed by atoms with Crippen LogP contribution in [0.4, 0.5) is 0 Å². The Morgan fingerprint density at radius 1 is 1.58 bits per heavy atom. The van der Waals surface area contributed by atoms with E-state index in [-0.39, 0.29) is 13.2 Å². The van der Waals surface area contributed by atoms with Crippen molar-refractivity contribution in [1.82, 2.24) is 0 Å². The van der Waals surface area contributed by atoms with E-state index in [1.165, 1.54) is 0 Å². The molecule has 70 valence electrons. The second-order valence-electron chi connectivity index (χ2n) is 2.48. The van der Waals surface area contributed by atoms with Crippen LogP contribution in [0.1, 0.15) is 13.3 Å². The maximum absolute atomic E-state index is 10.7. The summed E-state index contributed by atoms with van der Waals surface area (Å²) in [5.74, 6) is -0.639. The number of esters is 1. The Morgan fingerprint density at radius 2 is 2.08 bits per heavy atom. The molecule has 2 N–H and O–H groups in total. The van der Waals surface area contributed by atoms with Gasteiger partial charge in [0.2, 0.25) is 0 Å². The Kier molecular flexibility index (Phi) is 4.54. The fourth-order valence-corrected chi connectivity index (χ4v) is 0.665. The molecule has 0 saturated carbocycles. The molecule has 0 rings (SSSR count). The molecule has 0 fully saturated rings. The van der Waals surface area contributed by atoms with Crippen molar-refractivity contribution in [3.05, 3.63) is 12.7 Å². The highest BCUT2D eigenvalue weighted by atomic mass is 16.6. The zero-order valence-corrected chi connectivity index (χ0v) is 7.12. The summed E-state index contributed by atoms with van der Waals surface area (Å²) in [6.07, 6.45) is 1.36. The maximum atomic E-state index is 10.7. The number of aliphatic hydroxyl groups excluding tert-OH is 2. The number of carbonyl (C=O) groups is 1. The highest BCUT2D eigenvalue weighted by molar-refractivity contribution is 5.81. The van der Waals surface area contributed by atoms with Gasteiger partial charge in [0.15, 0.2) is 5.60 Å². The zero-order chi connectivity index (χ0) is 9.61. The second-order valence-corrected chi connectivity index (χ2v) is 2.48. The van der Waals surface area contributed by atoms with Crippen LogP contribution in [0.3, 0.4) is 0 Å². The summed E-state index contributed by atoms with van der Waals surface area (Å²) in [6, 6.07) is 0. The van der Waals surface area contributed by atoms with Crippen LogP contribution in [0.15, 0.2) is 12.7 Å². The Balaban J connectivity index is 4.29. The average molecular weight is 174 g/mol. The Hall–Kier alpha value is -0.870. The normalized spacial score (nSPS) is 10.9. The third-order valence-electron chi connectivity index (χ3n) is 1.70. The molecule has 0 aliphatic carbocycles. The first kappa shape index (κ1) is 11.1. The van der Waals surface area contributed by atoms with Crippen molar-refractivity contribution >= 4 is 5.97 Å². The van der Waals surface area contributed by atoms with Gasteiger partial charge in [-0.25, -0.2) is 4.79 Å². The molecule has 0 atom stereocenters. The molecule has 0 heterocycles. The predicted octanol–water partition coefficient (Wildman–Crippen LogP) is -0.151. The summed E-state index contributed by atoms with van der Waals surface area (Å²) in [5, 5.41) is 17.7. The molecule has 0 amide bonds. The number of hydrogen-bond donors (Lipinski definition) is 2. The Bertz CT molecular complexity index is 152. The van der Waals surface area contributed by atoms with E-state index in [1.54, 1.807) is 6.92 Å².